The molecule has 0 aromatic heterocycles. The summed E-state index contributed by atoms with van der Waals surface area (Å²) in [6, 6.07) is 5.45. The van der Waals surface area contributed by atoms with Crippen molar-refractivity contribution in [2.24, 2.45) is 0 Å². The van der Waals surface area contributed by atoms with Gasteiger partial charge in [-0.3, -0.25) is 4.79 Å². The first-order valence-electron chi connectivity index (χ1n) is 6.99. The molecule has 0 spiro atoms. The monoisotopic (exact) mass is 280 g/mol. The van der Waals surface area contributed by atoms with Crippen molar-refractivity contribution in [2.75, 3.05) is 12.3 Å². The lowest BCUT2D eigenvalue weighted by Gasteiger charge is -2.36. The molecule has 0 radical (unpaired) electrons. The molecule has 2 N–H and O–H groups in total. The van der Waals surface area contributed by atoms with Crippen molar-refractivity contribution in [3.63, 3.8) is 0 Å². The van der Waals surface area contributed by atoms with E-state index >= 15 is 0 Å². The number of hydrogen-bond donors (Lipinski definition) is 1. The maximum absolute atomic E-state index is 12.6. The standard InChI is InChI=1S/C15H21ClN2O/c1-2-5-12-6-3-4-9-18(12)15(19)13-10-11(17)7-8-14(13)16/h7-8,10,12H,2-6,9,17H2,1H3. The molecule has 1 atom stereocenters. The van der Waals surface area contributed by atoms with Gasteiger partial charge < -0.3 is 10.6 Å². The Morgan fingerprint density at radius 3 is 3.00 bits per heavy atom. The predicted octanol–water partition coefficient (Wildman–Crippen LogP) is 3.72. The Labute approximate surface area is 119 Å². The molecule has 1 heterocycles. The van der Waals surface area contributed by atoms with Crippen LogP contribution in [0.1, 0.15) is 49.4 Å². The zero-order chi connectivity index (χ0) is 13.8. The van der Waals surface area contributed by atoms with Crippen molar-refractivity contribution in [3.05, 3.63) is 28.8 Å². The third-order valence-electron chi connectivity index (χ3n) is 3.73. The first kappa shape index (κ1) is 14.2. The molecule has 0 saturated carbocycles. The molecule has 1 aromatic rings. The lowest BCUT2D eigenvalue weighted by molar-refractivity contribution is 0.0601. The summed E-state index contributed by atoms with van der Waals surface area (Å²) in [4.78, 5) is 14.6. The molecular weight excluding hydrogens is 260 g/mol. The van der Waals surface area contributed by atoms with Gasteiger partial charge in [-0.25, -0.2) is 0 Å². The van der Waals surface area contributed by atoms with Gasteiger partial charge in [0.2, 0.25) is 0 Å². The van der Waals surface area contributed by atoms with Gasteiger partial charge in [0.1, 0.15) is 0 Å². The molecule has 1 saturated heterocycles. The molecule has 1 aliphatic rings. The second-order valence-electron chi connectivity index (χ2n) is 5.18. The summed E-state index contributed by atoms with van der Waals surface area (Å²) in [5.74, 6) is 0.0236. The van der Waals surface area contributed by atoms with E-state index in [4.69, 9.17) is 17.3 Å². The highest BCUT2D eigenvalue weighted by molar-refractivity contribution is 6.34. The molecule has 1 unspecified atom stereocenters. The summed E-state index contributed by atoms with van der Waals surface area (Å²) in [7, 11) is 0. The molecule has 1 fully saturated rings. The van der Waals surface area contributed by atoms with E-state index < -0.39 is 0 Å². The number of halogens is 1. The van der Waals surface area contributed by atoms with Gasteiger partial charge in [0.05, 0.1) is 10.6 Å². The van der Waals surface area contributed by atoms with Gasteiger partial charge in [-0.1, -0.05) is 24.9 Å². The van der Waals surface area contributed by atoms with Gasteiger partial charge in [0, 0.05) is 18.3 Å². The molecule has 1 aliphatic heterocycles. The minimum absolute atomic E-state index is 0.0236. The molecule has 1 amide bonds. The molecular formula is C15H21ClN2O. The van der Waals surface area contributed by atoms with E-state index in [1.165, 1.54) is 6.42 Å². The summed E-state index contributed by atoms with van der Waals surface area (Å²) in [5.41, 5.74) is 6.87. The smallest absolute Gasteiger partial charge is 0.255 e. The van der Waals surface area contributed by atoms with Crippen LogP contribution in [0.15, 0.2) is 18.2 Å². The van der Waals surface area contributed by atoms with Gasteiger partial charge in [0.25, 0.3) is 5.91 Å². The van der Waals surface area contributed by atoms with E-state index in [0.29, 0.717) is 22.3 Å². The van der Waals surface area contributed by atoms with Crippen molar-refractivity contribution in [1.82, 2.24) is 4.90 Å². The van der Waals surface area contributed by atoms with Crippen molar-refractivity contribution >= 4 is 23.2 Å². The number of anilines is 1. The van der Waals surface area contributed by atoms with Gasteiger partial charge >= 0.3 is 0 Å². The molecule has 1 aromatic carbocycles. The normalized spacial score (nSPS) is 19.5. The van der Waals surface area contributed by atoms with Gasteiger partial charge in [-0.2, -0.15) is 0 Å². The molecule has 4 heteroatoms. The Morgan fingerprint density at radius 2 is 2.26 bits per heavy atom. The summed E-state index contributed by atoms with van der Waals surface area (Å²) in [5, 5.41) is 0.486. The van der Waals surface area contributed by atoms with E-state index in [9.17, 15) is 4.79 Å². The zero-order valence-electron chi connectivity index (χ0n) is 11.4. The number of carbonyl (C=O) groups is 1. The fourth-order valence-electron chi connectivity index (χ4n) is 2.76. The fourth-order valence-corrected chi connectivity index (χ4v) is 2.96. The fraction of sp³-hybridized carbons (Fsp3) is 0.533. The van der Waals surface area contributed by atoms with Crippen molar-refractivity contribution < 1.29 is 4.79 Å². The quantitative estimate of drug-likeness (QED) is 0.858. The van der Waals surface area contributed by atoms with Crippen LogP contribution in [0.2, 0.25) is 5.02 Å². The van der Waals surface area contributed by atoms with Gasteiger partial charge in [0.15, 0.2) is 0 Å². The second kappa shape index (κ2) is 6.29. The Balaban J connectivity index is 2.23. The van der Waals surface area contributed by atoms with Crippen molar-refractivity contribution in [3.8, 4) is 0 Å². The molecule has 104 valence electrons. The largest absolute Gasteiger partial charge is 0.399 e. The van der Waals surface area contributed by atoms with Crippen LogP contribution in [0.5, 0.6) is 0 Å². The van der Waals surface area contributed by atoms with Crippen LogP contribution >= 0.6 is 11.6 Å². The molecule has 3 nitrogen and oxygen atoms in total. The maximum atomic E-state index is 12.6. The van der Waals surface area contributed by atoms with Crippen LogP contribution < -0.4 is 5.73 Å². The number of amides is 1. The van der Waals surface area contributed by atoms with Gasteiger partial charge in [-0.05, 0) is 43.9 Å². The lowest BCUT2D eigenvalue weighted by atomic mass is 9.97. The Morgan fingerprint density at radius 1 is 1.47 bits per heavy atom. The lowest BCUT2D eigenvalue weighted by Crippen LogP contribution is -2.43. The van der Waals surface area contributed by atoms with E-state index in [2.05, 4.69) is 6.92 Å². The van der Waals surface area contributed by atoms with Crippen LogP contribution in [-0.4, -0.2) is 23.4 Å². The number of nitrogens with two attached hydrogens (primary N) is 1. The number of piperidine rings is 1. The van der Waals surface area contributed by atoms with E-state index in [0.717, 1.165) is 32.2 Å². The van der Waals surface area contributed by atoms with E-state index in [-0.39, 0.29) is 5.91 Å². The van der Waals surface area contributed by atoms with Crippen LogP contribution in [0.25, 0.3) is 0 Å². The summed E-state index contributed by atoms with van der Waals surface area (Å²) >= 11 is 6.13. The second-order valence-corrected chi connectivity index (χ2v) is 5.58. The minimum atomic E-state index is 0.0236. The number of nitrogens with zero attached hydrogens (tertiary/aromatic N) is 1. The highest BCUT2D eigenvalue weighted by atomic mass is 35.5. The number of likely N-dealkylation sites (tertiary alicyclic amines) is 1. The van der Waals surface area contributed by atoms with Crippen molar-refractivity contribution in [1.29, 1.82) is 0 Å². The average molecular weight is 281 g/mol. The number of benzene rings is 1. The highest BCUT2D eigenvalue weighted by Gasteiger charge is 2.27. The number of carbonyl (C=O) groups excluding carboxylic acids is 1. The first-order chi connectivity index (χ1) is 9.13. The Bertz CT molecular complexity index is 459. The minimum Gasteiger partial charge on any atom is -0.399 e. The maximum Gasteiger partial charge on any atom is 0.255 e. The number of hydrogen-bond acceptors (Lipinski definition) is 2. The third-order valence-corrected chi connectivity index (χ3v) is 4.06. The molecule has 0 bridgehead atoms. The van der Waals surface area contributed by atoms with Crippen LogP contribution in [0.4, 0.5) is 5.69 Å². The van der Waals surface area contributed by atoms with Crippen LogP contribution in [0, 0.1) is 0 Å². The number of nitrogen functional groups attached to an aromatic ring is 1. The van der Waals surface area contributed by atoms with Crippen LogP contribution in [0.3, 0.4) is 0 Å². The molecule has 2 rings (SSSR count). The summed E-state index contributed by atoms with van der Waals surface area (Å²) < 4.78 is 0. The first-order valence-corrected chi connectivity index (χ1v) is 7.37. The Hall–Kier alpha value is -1.22. The highest BCUT2D eigenvalue weighted by Crippen LogP contribution is 2.26. The van der Waals surface area contributed by atoms with Gasteiger partial charge in [-0.15, -0.1) is 0 Å². The van der Waals surface area contributed by atoms with E-state index in [1.54, 1.807) is 18.2 Å². The average Bonchev–Trinajstić information content (AvgIpc) is 2.42. The third kappa shape index (κ3) is 3.21. The SMILES string of the molecule is CCCC1CCCCN1C(=O)c1cc(N)ccc1Cl. The number of rotatable bonds is 3. The van der Waals surface area contributed by atoms with Crippen LogP contribution in [-0.2, 0) is 0 Å². The predicted molar refractivity (Wildman–Crippen MR) is 79.4 cm³/mol. The summed E-state index contributed by atoms with van der Waals surface area (Å²) in [6.45, 7) is 2.99. The van der Waals surface area contributed by atoms with E-state index in [1.807, 2.05) is 4.90 Å². The zero-order valence-corrected chi connectivity index (χ0v) is 12.1. The van der Waals surface area contributed by atoms with Crippen molar-refractivity contribution in [2.45, 2.75) is 45.1 Å². The molecule has 0 aliphatic carbocycles. The summed E-state index contributed by atoms with van der Waals surface area (Å²) in [6.07, 6.45) is 5.54. The molecule has 19 heavy (non-hydrogen) atoms. The topological polar surface area (TPSA) is 46.3 Å². The Kier molecular flexibility index (Phi) is 4.70.